The number of methoxy groups -OCH3 is 1. The number of likely N-dealkylation sites (tertiary alicyclic amines) is 1. The first-order chi connectivity index (χ1) is 13.6. The summed E-state index contributed by atoms with van der Waals surface area (Å²) in [6.07, 6.45) is 2.04. The summed E-state index contributed by atoms with van der Waals surface area (Å²) in [5.41, 5.74) is 2.76. The number of anilines is 1. The van der Waals surface area contributed by atoms with Crippen molar-refractivity contribution in [1.29, 1.82) is 0 Å². The number of rotatable bonds is 3. The lowest BCUT2D eigenvalue weighted by Crippen LogP contribution is -2.45. The van der Waals surface area contributed by atoms with Crippen molar-refractivity contribution in [2.24, 2.45) is 5.92 Å². The van der Waals surface area contributed by atoms with Crippen molar-refractivity contribution in [2.75, 3.05) is 25.5 Å². The number of hydrogen-bond donors (Lipinski definition) is 1. The standard InChI is InChI=1S/C20H24N4O3S/c1-13-4-3-9-23(10-13)20(26)19(25)21-18-16-11-28-12-17(16)22-24(18)14-5-7-15(27-2)8-6-14/h5-8,13H,3-4,9-12H2,1-2H3,(H,21,25)/t13-/m1/s1. The van der Waals surface area contributed by atoms with Crippen LogP contribution in [0, 0.1) is 5.92 Å². The number of carbonyl (C=O) groups excluding carboxylic acids is 2. The highest BCUT2D eigenvalue weighted by Crippen LogP contribution is 2.36. The summed E-state index contributed by atoms with van der Waals surface area (Å²) in [7, 11) is 1.62. The number of aromatic nitrogens is 2. The lowest BCUT2D eigenvalue weighted by molar-refractivity contribution is -0.144. The molecule has 2 amide bonds. The van der Waals surface area contributed by atoms with E-state index >= 15 is 0 Å². The number of amides is 2. The van der Waals surface area contributed by atoms with Gasteiger partial charge in [0, 0.05) is 30.2 Å². The van der Waals surface area contributed by atoms with Gasteiger partial charge in [-0.2, -0.15) is 16.9 Å². The lowest BCUT2D eigenvalue weighted by Gasteiger charge is -2.30. The number of benzene rings is 1. The van der Waals surface area contributed by atoms with Crippen LogP contribution in [0.3, 0.4) is 0 Å². The highest BCUT2D eigenvalue weighted by Gasteiger charge is 2.30. The minimum absolute atomic E-state index is 0.427. The molecule has 2 aromatic rings. The Morgan fingerprint density at radius 3 is 2.75 bits per heavy atom. The first-order valence-corrected chi connectivity index (χ1v) is 10.7. The molecule has 1 aromatic heterocycles. The third kappa shape index (κ3) is 3.61. The lowest BCUT2D eigenvalue weighted by atomic mass is 10.0. The van der Waals surface area contributed by atoms with Crippen molar-refractivity contribution in [2.45, 2.75) is 31.3 Å². The van der Waals surface area contributed by atoms with E-state index in [0.29, 0.717) is 24.8 Å². The van der Waals surface area contributed by atoms with Gasteiger partial charge < -0.3 is 15.0 Å². The number of ether oxygens (including phenoxy) is 1. The minimum Gasteiger partial charge on any atom is -0.497 e. The fourth-order valence-corrected chi connectivity index (χ4v) is 4.76. The Balaban J connectivity index is 1.59. The van der Waals surface area contributed by atoms with Crippen molar-refractivity contribution in [1.82, 2.24) is 14.7 Å². The zero-order chi connectivity index (χ0) is 19.7. The number of fused-ring (bicyclic) bond motifs is 1. The van der Waals surface area contributed by atoms with E-state index in [-0.39, 0.29) is 0 Å². The molecule has 0 radical (unpaired) electrons. The van der Waals surface area contributed by atoms with E-state index in [2.05, 4.69) is 17.3 Å². The zero-order valence-electron chi connectivity index (χ0n) is 16.1. The molecule has 2 aliphatic rings. The monoisotopic (exact) mass is 400 g/mol. The number of piperidine rings is 1. The van der Waals surface area contributed by atoms with Gasteiger partial charge in [-0.3, -0.25) is 9.59 Å². The normalized spacial score (nSPS) is 18.6. The molecular weight excluding hydrogens is 376 g/mol. The molecule has 148 valence electrons. The SMILES string of the molecule is COc1ccc(-n2nc3c(c2NC(=O)C(=O)N2CCC[C@@H](C)C2)CSC3)cc1. The third-order valence-corrected chi connectivity index (χ3v) is 6.21. The molecule has 28 heavy (non-hydrogen) atoms. The van der Waals surface area contributed by atoms with E-state index in [0.717, 1.165) is 47.0 Å². The van der Waals surface area contributed by atoms with E-state index in [1.54, 1.807) is 28.5 Å². The summed E-state index contributed by atoms with van der Waals surface area (Å²) in [5, 5.41) is 7.52. The molecule has 0 bridgehead atoms. The summed E-state index contributed by atoms with van der Waals surface area (Å²) in [5.74, 6) is 2.29. The predicted octanol–water partition coefficient (Wildman–Crippen LogP) is 2.82. The Kier molecular flexibility index (Phi) is 5.30. The van der Waals surface area contributed by atoms with E-state index in [1.165, 1.54) is 0 Å². The van der Waals surface area contributed by atoms with Gasteiger partial charge in [0.05, 0.1) is 18.5 Å². The van der Waals surface area contributed by atoms with Crippen LogP contribution in [0.5, 0.6) is 5.75 Å². The smallest absolute Gasteiger partial charge is 0.315 e. The van der Waals surface area contributed by atoms with Gasteiger partial charge in [0.25, 0.3) is 0 Å². The van der Waals surface area contributed by atoms with Gasteiger partial charge in [-0.1, -0.05) is 6.92 Å². The molecule has 1 fully saturated rings. The Morgan fingerprint density at radius 2 is 2.04 bits per heavy atom. The van der Waals surface area contributed by atoms with Gasteiger partial charge in [0.15, 0.2) is 0 Å². The number of thioether (sulfide) groups is 1. The number of hydrogen-bond acceptors (Lipinski definition) is 5. The largest absolute Gasteiger partial charge is 0.497 e. The van der Waals surface area contributed by atoms with Crippen molar-refractivity contribution in [3.05, 3.63) is 35.5 Å². The number of nitrogens with zero attached hydrogens (tertiary/aromatic N) is 3. The van der Waals surface area contributed by atoms with Crippen LogP contribution >= 0.6 is 11.8 Å². The van der Waals surface area contributed by atoms with Crippen LogP contribution in [0.15, 0.2) is 24.3 Å². The van der Waals surface area contributed by atoms with Gasteiger partial charge in [-0.25, -0.2) is 4.68 Å². The van der Waals surface area contributed by atoms with Crippen molar-refractivity contribution in [3.63, 3.8) is 0 Å². The third-order valence-electron chi connectivity index (χ3n) is 5.24. The second-order valence-corrected chi connectivity index (χ2v) is 8.31. The van der Waals surface area contributed by atoms with E-state index in [9.17, 15) is 9.59 Å². The summed E-state index contributed by atoms with van der Waals surface area (Å²) >= 11 is 1.76. The highest BCUT2D eigenvalue weighted by molar-refractivity contribution is 7.98. The Bertz CT molecular complexity index is 894. The fourth-order valence-electron chi connectivity index (χ4n) is 3.73. The second-order valence-electron chi connectivity index (χ2n) is 7.33. The van der Waals surface area contributed by atoms with Crippen LogP contribution in [-0.4, -0.2) is 46.7 Å². The summed E-state index contributed by atoms with van der Waals surface area (Å²) < 4.78 is 6.93. The van der Waals surface area contributed by atoms with Crippen LogP contribution in [0.4, 0.5) is 5.82 Å². The molecule has 7 nitrogen and oxygen atoms in total. The molecule has 1 saturated heterocycles. The second kappa shape index (κ2) is 7.87. The first-order valence-electron chi connectivity index (χ1n) is 9.50. The molecule has 2 aliphatic heterocycles. The molecule has 8 heteroatoms. The average molecular weight is 401 g/mol. The molecule has 0 saturated carbocycles. The molecule has 0 aliphatic carbocycles. The van der Waals surface area contributed by atoms with Crippen LogP contribution in [-0.2, 0) is 21.1 Å². The maximum Gasteiger partial charge on any atom is 0.315 e. The van der Waals surface area contributed by atoms with Crippen molar-refractivity contribution >= 4 is 29.4 Å². The molecule has 4 rings (SSSR count). The van der Waals surface area contributed by atoms with Gasteiger partial charge in [-0.15, -0.1) is 0 Å². The minimum atomic E-state index is -0.594. The molecular formula is C20H24N4O3S. The molecule has 1 N–H and O–H groups in total. The topological polar surface area (TPSA) is 76.5 Å². The highest BCUT2D eigenvalue weighted by atomic mass is 32.2. The van der Waals surface area contributed by atoms with Crippen molar-refractivity contribution in [3.8, 4) is 11.4 Å². The van der Waals surface area contributed by atoms with Gasteiger partial charge in [0.2, 0.25) is 0 Å². The summed E-state index contributed by atoms with van der Waals surface area (Å²) in [4.78, 5) is 27.1. The van der Waals surface area contributed by atoms with Crippen LogP contribution < -0.4 is 10.1 Å². The van der Waals surface area contributed by atoms with E-state index in [4.69, 9.17) is 4.74 Å². The maximum absolute atomic E-state index is 12.7. The molecule has 0 unspecified atom stereocenters. The molecule has 1 atom stereocenters. The van der Waals surface area contributed by atoms with Crippen LogP contribution in [0.25, 0.3) is 5.69 Å². The molecule has 0 spiro atoms. The number of carbonyl (C=O) groups is 2. The van der Waals surface area contributed by atoms with Crippen molar-refractivity contribution < 1.29 is 14.3 Å². The maximum atomic E-state index is 12.7. The van der Waals surface area contributed by atoms with Crippen LogP contribution in [0.1, 0.15) is 31.0 Å². The van der Waals surface area contributed by atoms with E-state index in [1.807, 2.05) is 24.3 Å². The summed E-state index contributed by atoms with van der Waals surface area (Å²) in [6.45, 7) is 3.39. The Morgan fingerprint density at radius 1 is 1.25 bits per heavy atom. The first kappa shape index (κ1) is 18.9. The fraction of sp³-hybridized carbons (Fsp3) is 0.450. The number of nitrogens with one attached hydrogen (secondary N) is 1. The summed E-state index contributed by atoms with van der Waals surface area (Å²) in [6, 6.07) is 7.47. The van der Waals surface area contributed by atoms with Gasteiger partial charge in [0.1, 0.15) is 11.6 Å². The average Bonchev–Trinajstić information content (AvgIpc) is 3.30. The van der Waals surface area contributed by atoms with Gasteiger partial charge in [-0.05, 0) is 43.0 Å². The Labute approximate surface area is 168 Å². The molecule has 1 aromatic carbocycles. The van der Waals surface area contributed by atoms with E-state index < -0.39 is 11.8 Å². The zero-order valence-corrected chi connectivity index (χ0v) is 16.9. The molecule has 3 heterocycles. The van der Waals surface area contributed by atoms with Gasteiger partial charge >= 0.3 is 11.8 Å². The quantitative estimate of drug-likeness (QED) is 0.802. The Hall–Kier alpha value is -2.48. The predicted molar refractivity (Wildman–Crippen MR) is 109 cm³/mol. The van der Waals surface area contributed by atoms with Crippen LogP contribution in [0.2, 0.25) is 0 Å².